The zero-order valence-corrected chi connectivity index (χ0v) is 16.2. The largest absolute Gasteiger partial charge is 0.484 e. The maximum atomic E-state index is 12.1. The van der Waals surface area contributed by atoms with Crippen molar-refractivity contribution in [2.75, 3.05) is 17.2 Å². The molecule has 0 bridgehead atoms. The number of carbonyl (C=O) groups is 2. The Morgan fingerprint density at radius 1 is 0.862 bits per heavy atom. The molecule has 0 saturated carbocycles. The van der Waals surface area contributed by atoms with Gasteiger partial charge < -0.3 is 15.4 Å². The number of rotatable bonds is 7. The van der Waals surface area contributed by atoms with Crippen molar-refractivity contribution in [3.8, 4) is 5.75 Å². The maximum Gasteiger partial charge on any atom is 0.262 e. The second-order valence-corrected chi connectivity index (χ2v) is 6.54. The Bertz CT molecular complexity index is 1000. The van der Waals surface area contributed by atoms with Gasteiger partial charge in [-0.3, -0.25) is 9.59 Å². The van der Waals surface area contributed by atoms with Gasteiger partial charge in [-0.1, -0.05) is 48.0 Å². The predicted molar refractivity (Wildman–Crippen MR) is 116 cm³/mol. The molecule has 0 fully saturated rings. The van der Waals surface area contributed by atoms with Gasteiger partial charge in [0.25, 0.3) is 5.91 Å². The smallest absolute Gasteiger partial charge is 0.262 e. The fraction of sp³-hybridized carbons (Fsp3) is 0.0435. The van der Waals surface area contributed by atoms with Crippen LogP contribution in [0.3, 0.4) is 0 Å². The number of halogens is 1. The van der Waals surface area contributed by atoms with Crippen molar-refractivity contribution in [2.24, 2.45) is 0 Å². The van der Waals surface area contributed by atoms with Crippen LogP contribution in [-0.2, 0) is 9.59 Å². The van der Waals surface area contributed by atoms with E-state index in [-0.39, 0.29) is 18.4 Å². The molecule has 0 heterocycles. The number of amides is 2. The second-order valence-electron chi connectivity index (χ2n) is 6.10. The van der Waals surface area contributed by atoms with E-state index in [1.807, 2.05) is 30.3 Å². The minimum absolute atomic E-state index is 0.107. The molecule has 0 aliphatic carbocycles. The second kappa shape index (κ2) is 10.1. The van der Waals surface area contributed by atoms with Crippen molar-refractivity contribution in [3.63, 3.8) is 0 Å². The molecule has 146 valence electrons. The van der Waals surface area contributed by atoms with Crippen LogP contribution < -0.4 is 15.4 Å². The van der Waals surface area contributed by atoms with Gasteiger partial charge in [0.2, 0.25) is 5.91 Å². The molecule has 0 spiro atoms. The fourth-order valence-corrected chi connectivity index (χ4v) is 2.59. The van der Waals surface area contributed by atoms with Crippen molar-refractivity contribution < 1.29 is 14.3 Å². The molecule has 3 aromatic rings. The SMILES string of the molecule is O=C(/C=C/c1ccc(Cl)cc1)Nc1cccc(NC(=O)COc2ccccc2)c1. The van der Waals surface area contributed by atoms with Crippen molar-refractivity contribution in [1.29, 1.82) is 0 Å². The standard InChI is InChI=1S/C23H19ClN2O3/c24-18-12-9-17(10-13-18)11-14-22(27)25-19-5-4-6-20(15-19)26-23(28)16-29-21-7-2-1-3-8-21/h1-15H,16H2,(H,25,27)(H,26,28)/b14-11+. The molecule has 29 heavy (non-hydrogen) atoms. The van der Waals surface area contributed by atoms with Crippen molar-refractivity contribution in [1.82, 2.24) is 0 Å². The number of benzene rings is 3. The van der Waals surface area contributed by atoms with E-state index in [0.29, 0.717) is 22.1 Å². The molecule has 2 amide bonds. The van der Waals surface area contributed by atoms with E-state index in [2.05, 4.69) is 10.6 Å². The minimum Gasteiger partial charge on any atom is -0.484 e. The van der Waals surface area contributed by atoms with Crippen LogP contribution in [0.5, 0.6) is 5.75 Å². The summed E-state index contributed by atoms with van der Waals surface area (Å²) >= 11 is 5.84. The summed E-state index contributed by atoms with van der Waals surface area (Å²) in [5.41, 5.74) is 1.99. The topological polar surface area (TPSA) is 67.4 Å². The van der Waals surface area contributed by atoms with E-state index in [1.165, 1.54) is 6.08 Å². The van der Waals surface area contributed by atoms with Crippen LogP contribution >= 0.6 is 11.6 Å². The summed E-state index contributed by atoms with van der Waals surface area (Å²) in [6.07, 6.45) is 3.13. The number of carbonyl (C=O) groups excluding carboxylic acids is 2. The minimum atomic E-state index is -0.292. The molecule has 0 radical (unpaired) electrons. The Balaban J connectivity index is 1.52. The first kappa shape index (κ1) is 20.2. The van der Waals surface area contributed by atoms with Crippen molar-refractivity contribution in [3.05, 3.63) is 95.5 Å². The van der Waals surface area contributed by atoms with Gasteiger partial charge in [-0.15, -0.1) is 0 Å². The molecule has 3 rings (SSSR count). The number of anilines is 2. The lowest BCUT2D eigenvalue weighted by Crippen LogP contribution is -2.20. The van der Waals surface area contributed by atoms with Crippen LogP contribution in [0.1, 0.15) is 5.56 Å². The lowest BCUT2D eigenvalue weighted by Gasteiger charge is -2.09. The predicted octanol–water partition coefficient (Wildman–Crippen LogP) is 5.01. The summed E-state index contributed by atoms with van der Waals surface area (Å²) < 4.78 is 5.42. The quantitative estimate of drug-likeness (QED) is 0.542. The van der Waals surface area contributed by atoms with Gasteiger partial charge in [0.05, 0.1) is 0 Å². The first-order valence-corrected chi connectivity index (χ1v) is 9.29. The molecule has 0 aliphatic heterocycles. The van der Waals surface area contributed by atoms with E-state index in [1.54, 1.807) is 54.6 Å². The van der Waals surface area contributed by atoms with E-state index < -0.39 is 0 Å². The first-order chi connectivity index (χ1) is 14.1. The number of ether oxygens (including phenoxy) is 1. The summed E-state index contributed by atoms with van der Waals surface area (Å²) in [5, 5.41) is 6.14. The van der Waals surface area contributed by atoms with Gasteiger partial charge in [-0.05, 0) is 54.1 Å². The highest BCUT2D eigenvalue weighted by molar-refractivity contribution is 6.30. The molecule has 5 nitrogen and oxygen atoms in total. The van der Waals surface area contributed by atoms with Crippen LogP contribution in [0, 0.1) is 0 Å². The average Bonchev–Trinajstić information content (AvgIpc) is 2.73. The molecule has 0 atom stereocenters. The van der Waals surface area contributed by atoms with E-state index in [4.69, 9.17) is 16.3 Å². The van der Waals surface area contributed by atoms with Crippen LogP contribution in [0.25, 0.3) is 6.08 Å². The Kier molecular flexibility index (Phi) is 7.03. The Morgan fingerprint density at radius 2 is 1.55 bits per heavy atom. The van der Waals surface area contributed by atoms with Gasteiger partial charge in [0, 0.05) is 22.5 Å². The first-order valence-electron chi connectivity index (χ1n) is 8.91. The monoisotopic (exact) mass is 406 g/mol. The molecule has 6 heteroatoms. The fourth-order valence-electron chi connectivity index (χ4n) is 2.47. The number of hydrogen-bond donors (Lipinski definition) is 2. The van der Waals surface area contributed by atoms with Crippen LogP contribution in [0.15, 0.2) is 84.9 Å². The lowest BCUT2D eigenvalue weighted by molar-refractivity contribution is -0.118. The Labute approximate surface area is 174 Å². The normalized spacial score (nSPS) is 10.5. The summed E-state index contributed by atoms with van der Waals surface area (Å²) in [6, 6.07) is 23.1. The highest BCUT2D eigenvalue weighted by Crippen LogP contribution is 2.16. The molecule has 3 aromatic carbocycles. The van der Waals surface area contributed by atoms with E-state index in [0.717, 1.165) is 5.56 Å². The highest BCUT2D eigenvalue weighted by atomic mass is 35.5. The van der Waals surface area contributed by atoms with Gasteiger partial charge >= 0.3 is 0 Å². The van der Waals surface area contributed by atoms with Crippen LogP contribution in [-0.4, -0.2) is 18.4 Å². The van der Waals surface area contributed by atoms with Gasteiger partial charge in [-0.2, -0.15) is 0 Å². The summed E-state index contributed by atoms with van der Waals surface area (Å²) in [6.45, 7) is -0.107. The van der Waals surface area contributed by atoms with Crippen molar-refractivity contribution >= 4 is 40.9 Å². The average molecular weight is 407 g/mol. The molecule has 0 aromatic heterocycles. The number of nitrogens with one attached hydrogen (secondary N) is 2. The van der Waals surface area contributed by atoms with E-state index in [9.17, 15) is 9.59 Å². The van der Waals surface area contributed by atoms with Gasteiger partial charge in [0.15, 0.2) is 6.61 Å². The third-order valence-electron chi connectivity index (χ3n) is 3.82. The zero-order valence-electron chi connectivity index (χ0n) is 15.5. The van der Waals surface area contributed by atoms with Crippen LogP contribution in [0.4, 0.5) is 11.4 Å². The van der Waals surface area contributed by atoms with Gasteiger partial charge in [-0.25, -0.2) is 0 Å². The molecule has 0 unspecified atom stereocenters. The summed E-state index contributed by atoms with van der Waals surface area (Å²) in [4.78, 5) is 24.2. The summed E-state index contributed by atoms with van der Waals surface area (Å²) in [7, 11) is 0. The third-order valence-corrected chi connectivity index (χ3v) is 4.08. The maximum absolute atomic E-state index is 12.1. The summed E-state index contributed by atoms with van der Waals surface area (Å²) in [5.74, 6) is 0.0481. The molecular weight excluding hydrogens is 388 g/mol. The molecule has 2 N–H and O–H groups in total. The molecule has 0 saturated heterocycles. The number of hydrogen-bond acceptors (Lipinski definition) is 3. The van der Waals surface area contributed by atoms with E-state index >= 15 is 0 Å². The number of para-hydroxylation sites is 1. The molecule has 0 aliphatic rings. The van der Waals surface area contributed by atoms with Crippen molar-refractivity contribution in [2.45, 2.75) is 0 Å². The Morgan fingerprint density at radius 3 is 2.28 bits per heavy atom. The Hall–Kier alpha value is -3.57. The van der Waals surface area contributed by atoms with Gasteiger partial charge in [0.1, 0.15) is 5.75 Å². The lowest BCUT2D eigenvalue weighted by atomic mass is 10.2. The van der Waals surface area contributed by atoms with Crippen LogP contribution in [0.2, 0.25) is 5.02 Å². The molecular formula is C23H19ClN2O3. The third kappa shape index (κ3) is 6.83. The zero-order chi connectivity index (χ0) is 20.5. The highest BCUT2D eigenvalue weighted by Gasteiger charge is 2.05.